The van der Waals surface area contributed by atoms with Crippen LogP contribution < -0.4 is 0 Å². The molecule has 0 heterocycles. The lowest BCUT2D eigenvalue weighted by atomic mass is 10.1. The van der Waals surface area contributed by atoms with Gasteiger partial charge in [-0.15, -0.1) is 0 Å². The van der Waals surface area contributed by atoms with Crippen molar-refractivity contribution in [3.05, 3.63) is 0 Å². The molecule has 1 atom stereocenters. The van der Waals surface area contributed by atoms with E-state index in [0.717, 1.165) is 4.43 Å². The maximum atomic E-state index is 11.2. The molecular weight excluding hydrogens is 295 g/mol. The third kappa shape index (κ3) is 7.55. The van der Waals surface area contributed by atoms with Crippen molar-refractivity contribution in [1.29, 1.82) is 0 Å². The molecule has 0 bridgehead atoms. The van der Waals surface area contributed by atoms with Crippen molar-refractivity contribution in [3.8, 4) is 0 Å². The van der Waals surface area contributed by atoms with Crippen LogP contribution in [0, 0.1) is 0 Å². The molecule has 0 aromatic rings. The highest BCUT2D eigenvalue weighted by molar-refractivity contribution is 14.1. The molecule has 0 rings (SSSR count). The summed E-state index contributed by atoms with van der Waals surface area (Å²) in [5.74, 6) is -0.182. The van der Waals surface area contributed by atoms with Crippen molar-refractivity contribution in [3.63, 3.8) is 0 Å². The lowest BCUT2D eigenvalue weighted by Crippen LogP contribution is -2.30. The number of halogens is 1. The van der Waals surface area contributed by atoms with Gasteiger partial charge in [0.1, 0.15) is 0 Å². The van der Waals surface area contributed by atoms with E-state index in [1.54, 1.807) is 0 Å². The molecule has 0 aliphatic rings. The molecule has 0 amide bonds. The van der Waals surface area contributed by atoms with E-state index < -0.39 is 0 Å². The number of carbonyl (C=O) groups excluding carboxylic acids is 1. The lowest BCUT2D eigenvalue weighted by molar-refractivity contribution is -0.148. The molecule has 0 aromatic carbocycles. The van der Waals surface area contributed by atoms with Crippen LogP contribution in [0.4, 0.5) is 0 Å². The van der Waals surface area contributed by atoms with E-state index in [4.69, 9.17) is 9.47 Å². The SMILES string of the molecule is CCOC(=O)C[C@@H](CI)OC(C)(C)C. The average molecular weight is 314 g/mol. The quantitative estimate of drug-likeness (QED) is 0.444. The van der Waals surface area contributed by atoms with E-state index in [-0.39, 0.29) is 17.7 Å². The number of carbonyl (C=O) groups is 1. The van der Waals surface area contributed by atoms with Crippen LogP contribution in [-0.4, -0.2) is 28.7 Å². The zero-order valence-corrected chi connectivity index (χ0v) is 11.5. The minimum absolute atomic E-state index is 0.0466. The molecule has 0 radical (unpaired) electrons. The molecular formula is C10H19IO3. The fourth-order valence-electron chi connectivity index (χ4n) is 1.03. The van der Waals surface area contributed by atoms with Gasteiger partial charge in [-0.25, -0.2) is 0 Å². The van der Waals surface area contributed by atoms with Gasteiger partial charge in [-0.2, -0.15) is 0 Å². The van der Waals surface area contributed by atoms with Gasteiger partial charge in [0.25, 0.3) is 0 Å². The molecule has 4 heteroatoms. The molecule has 0 aliphatic heterocycles. The van der Waals surface area contributed by atoms with Crippen LogP contribution in [-0.2, 0) is 14.3 Å². The van der Waals surface area contributed by atoms with Crippen molar-refractivity contribution >= 4 is 28.6 Å². The second kappa shape index (κ2) is 6.61. The molecule has 0 saturated carbocycles. The van der Waals surface area contributed by atoms with Crippen molar-refractivity contribution in [2.75, 3.05) is 11.0 Å². The fraction of sp³-hybridized carbons (Fsp3) is 0.900. The van der Waals surface area contributed by atoms with E-state index in [0.29, 0.717) is 13.0 Å². The van der Waals surface area contributed by atoms with Crippen LogP contribution in [0.25, 0.3) is 0 Å². The molecule has 0 saturated heterocycles. The summed E-state index contributed by atoms with van der Waals surface area (Å²) in [5, 5.41) is 0. The Balaban J connectivity index is 3.97. The Morgan fingerprint density at radius 3 is 2.36 bits per heavy atom. The standard InChI is InChI=1S/C10H19IO3/c1-5-13-9(12)6-8(7-11)14-10(2,3)4/h8H,5-7H2,1-4H3/t8-/m0/s1. The second-order valence-corrected chi connectivity index (χ2v) is 4.90. The summed E-state index contributed by atoms with van der Waals surface area (Å²) in [6.07, 6.45) is 0.295. The van der Waals surface area contributed by atoms with Gasteiger partial charge in [-0.3, -0.25) is 4.79 Å². The topological polar surface area (TPSA) is 35.5 Å². The van der Waals surface area contributed by atoms with Crippen LogP contribution in [0.5, 0.6) is 0 Å². The van der Waals surface area contributed by atoms with Crippen molar-refractivity contribution in [1.82, 2.24) is 0 Å². The first-order valence-electron chi connectivity index (χ1n) is 4.78. The van der Waals surface area contributed by atoms with Crippen LogP contribution in [0.15, 0.2) is 0 Å². The Labute approximate surface area is 99.7 Å². The predicted octanol–water partition coefficient (Wildman–Crippen LogP) is 2.56. The van der Waals surface area contributed by atoms with E-state index >= 15 is 0 Å². The van der Waals surface area contributed by atoms with Crippen LogP contribution in [0.3, 0.4) is 0 Å². The summed E-state index contributed by atoms with van der Waals surface area (Å²) in [6, 6.07) is 0. The van der Waals surface area contributed by atoms with Crippen molar-refractivity contribution in [2.45, 2.75) is 45.8 Å². The molecule has 0 N–H and O–H groups in total. The summed E-state index contributed by atoms with van der Waals surface area (Å²) in [7, 11) is 0. The van der Waals surface area contributed by atoms with Gasteiger partial charge in [-0.1, -0.05) is 22.6 Å². The molecule has 3 nitrogen and oxygen atoms in total. The van der Waals surface area contributed by atoms with E-state index in [1.807, 2.05) is 27.7 Å². The van der Waals surface area contributed by atoms with E-state index in [9.17, 15) is 4.79 Å². The Hall–Kier alpha value is 0.160. The summed E-state index contributed by atoms with van der Waals surface area (Å²) < 4.78 is 11.4. The van der Waals surface area contributed by atoms with Gasteiger partial charge in [0.2, 0.25) is 0 Å². The number of ether oxygens (including phenoxy) is 2. The molecule has 14 heavy (non-hydrogen) atoms. The summed E-state index contributed by atoms with van der Waals surface area (Å²) >= 11 is 2.22. The number of hydrogen-bond donors (Lipinski definition) is 0. The third-order valence-electron chi connectivity index (χ3n) is 1.39. The lowest BCUT2D eigenvalue weighted by Gasteiger charge is -2.25. The highest BCUT2D eigenvalue weighted by atomic mass is 127. The van der Waals surface area contributed by atoms with Gasteiger partial charge >= 0.3 is 5.97 Å². The second-order valence-electron chi connectivity index (χ2n) is 4.02. The summed E-state index contributed by atoms with van der Waals surface area (Å²) in [5.41, 5.74) is -0.206. The van der Waals surface area contributed by atoms with Gasteiger partial charge in [-0.05, 0) is 27.7 Å². The zero-order chi connectivity index (χ0) is 11.2. The van der Waals surface area contributed by atoms with Gasteiger partial charge in [0.15, 0.2) is 0 Å². The van der Waals surface area contributed by atoms with Gasteiger partial charge in [0.05, 0.1) is 24.7 Å². The minimum Gasteiger partial charge on any atom is -0.466 e. The average Bonchev–Trinajstić information content (AvgIpc) is 2.01. The molecule has 0 spiro atoms. The molecule has 0 unspecified atom stereocenters. The Morgan fingerprint density at radius 2 is 2.00 bits per heavy atom. The first kappa shape index (κ1) is 14.2. The summed E-state index contributed by atoms with van der Waals surface area (Å²) in [4.78, 5) is 11.2. The highest BCUT2D eigenvalue weighted by Gasteiger charge is 2.20. The van der Waals surface area contributed by atoms with Crippen LogP contribution >= 0.6 is 22.6 Å². The largest absolute Gasteiger partial charge is 0.466 e. The molecule has 0 aliphatic carbocycles. The van der Waals surface area contributed by atoms with Gasteiger partial charge in [0, 0.05) is 4.43 Å². The zero-order valence-electron chi connectivity index (χ0n) is 9.30. The van der Waals surface area contributed by atoms with Crippen LogP contribution in [0.1, 0.15) is 34.1 Å². The fourth-order valence-corrected chi connectivity index (χ4v) is 1.52. The molecule has 84 valence electrons. The Bertz CT molecular complexity index is 175. The maximum Gasteiger partial charge on any atom is 0.308 e. The third-order valence-corrected chi connectivity index (χ3v) is 2.37. The number of alkyl halides is 1. The smallest absolute Gasteiger partial charge is 0.308 e. The number of esters is 1. The normalized spacial score (nSPS) is 13.8. The van der Waals surface area contributed by atoms with E-state index in [2.05, 4.69) is 22.6 Å². The van der Waals surface area contributed by atoms with Crippen molar-refractivity contribution < 1.29 is 14.3 Å². The van der Waals surface area contributed by atoms with Gasteiger partial charge < -0.3 is 9.47 Å². The summed E-state index contributed by atoms with van der Waals surface area (Å²) in [6.45, 7) is 8.19. The Morgan fingerprint density at radius 1 is 1.43 bits per heavy atom. The molecule has 0 fully saturated rings. The monoisotopic (exact) mass is 314 g/mol. The first-order valence-corrected chi connectivity index (χ1v) is 6.31. The molecule has 0 aromatic heterocycles. The Kier molecular flexibility index (Phi) is 6.68. The number of hydrogen-bond acceptors (Lipinski definition) is 3. The van der Waals surface area contributed by atoms with E-state index in [1.165, 1.54) is 0 Å². The number of rotatable bonds is 5. The minimum atomic E-state index is -0.206. The van der Waals surface area contributed by atoms with Crippen LogP contribution in [0.2, 0.25) is 0 Å². The van der Waals surface area contributed by atoms with Crippen molar-refractivity contribution in [2.24, 2.45) is 0 Å². The highest BCUT2D eigenvalue weighted by Crippen LogP contribution is 2.15. The predicted molar refractivity (Wildman–Crippen MR) is 64.8 cm³/mol. The maximum absolute atomic E-state index is 11.2. The first-order chi connectivity index (χ1) is 6.39.